The fourth-order valence-corrected chi connectivity index (χ4v) is 3.29. The molecule has 24 heavy (non-hydrogen) atoms. The van der Waals surface area contributed by atoms with Crippen LogP contribution in [0.5, 0.6) is 5.75 Å². The average molecular weight is 369 g/mol. The minimum atomic E-state index is -1.21. The number of carbonyl (C=O) groups is 2. The van der Waals surface area contributed by atoms with Crippen LogP contribution in [-0.2, 0) is 11.2 Å². The van der Waals surface area contributed by atoms with Gasteiger partial charge in [-0.2, -0.15) is 0 Å². The number of hydrogen-bond acceptors (Lipinski definition) is 5. The number of hydrogen-bond donors (Lipinski definition) is 2. The molecule has 0 spiro atoms. The molecule has 0 aliphatic carbocycles. The van der Waals surface area contributed by atoms with Crippen molar-refractivity contribution < 1.29 is 19.4 Å². The summed E-state index contributed by atoms with van der Waals surface area (Å²) in [5, 5.41) is 13.1. The second kappa shape index (κ2) is 8.12. The first-order chi connectivity index (χ1) is 11.5. The molecule has 128 valence electrons. The van der Waals surface area contributed by atoms with Crippen LogP contribution in [-0.4, -0.2) is 29.1 Å². The fourth-order valence-electron chi connectivity index (χ4n) is 2.10. The summed E-state index contributed by atoms with van der Waals surface area (Å²) in [5.74, 6) is -1.22. The summed E-state index contributed by atoms with van der Waals surface area (Å²) in [5.41, 5.74) is 0.361. The Morgan fingerprint density at radius 3 is 2.79 bits per heavy atom. The van der Waals surface area contributed by atoms with Crippen molar-refractivity contribution in [3.8, 4) is 5.75 Å². The Labute approximate surface area is 148 Å². The minimum Gasteiger partial charge on any atom is -0.495 e. The molecule has 1 atom stereocenters. The highest BCUT2D eigenvalue weighted by atomic mass is 35.5. The molecular formula is C16H17ClN2O4S. The van der Waals surface area contributed by atoms with Crippen LogP contribution in [0.15, 0.2) is 24.4 Å². The van der Waals surface area contributed by atoms with Crippen LogP contribution >= 0.6 is 22.9 Å². The first-order valence-electron chi connectivity index (χ1n) is 7.28. The summed E-state index contributed by atoms with van der Waals surface area (Å²) in [6, 6.07) is 3.37. The molecule has 6 nitrogen and oxygen atoms in total. The zero-order valence-electron chi connectivity index (χ0n) is 13.2. The second-order valence-corrected chi connectivity index (χ2v) is 6.53. The number of benzene rings is 1. The molecule has 2 N–H and O–H groups in total. The van der Waals surface area contributed by atoms with Gasteiger partial charge in [0.15, 0.2) is 6.04 Å². The summed E-state index contributed by atoms with van der Waals surface area (Å²) in [4.78, 5) is 28.4. The van der Waals surface area contributed by atoms with Gasteiger partial charge in [0.2, 0.25) is 0 Å². The van der Waals surface area contributed by atoms with E-state index in [1.54, 1.807) is 12.1 Å². The minimum absolute atomic E-state index is 0.276. The number of carboxylic acid groups (broad SMARTS) is 1. The topological polar surface area (TPSA) is 88.5 Å². The number of amides is 1. The van der Waals surface area contributed by atoms with Gasteiger partial charge in [-0.1, -0.05) is 24.6 Å². The Balaban J connectivity index is 2.20. The summed E-state index contributed by atoms with van der Waals surface area (Å²) >= 11 is 7.29. The van der Waals surface area contributed by atoms with Gasteiger partial charge in [0, 0.05) is 0 Å². The number of methoxy groups -OCH3 is 1. The monoisotopic (exact) mass is 368 g/mol. The Morgan fingerprint density at radius 2 is 2.21 bits per heavy atom. The lowest BCUT2D eigenvalue weighted by molar-refractivity contribution is -0.139. The van der Waals surface area contributed by atoms with Crippen molar-refractivity contribution in [3.63, 3.8) is 0 Å². The molecule has 0 aliphatic rings. The highest BCUT2D eigenvalue weighted by molar-refractivity contribution is 7.13. The Bertz CT molecular complexity index is 747. The van der Waals surface area contributed by atoms with Crippen molar-refractivity contribution in [2.75, 3.05) is 7.11 Å². The molecule has 1 amide bonds. The largest absolute Gasteiger partial charge is 0.495 e. The van der Waals surface area contributed by atoms with Gasteiger partial charge in [-0.05, 0) is 30.5 Å². The summed E-state index contributed by atoms with van der Waals surface area (Å²) < 4.78 is 5.04. The van der Waals surface area contributed by atoms with Gasteiger partial charge in [0.05, 0.1) is 23.3 Å². The van der Waals surface area contributed by atoms with E-state index >= 15 is 0 Å². The van der Waals surface area contributed by atoms with Crippen LogP contribution < -0.4 is 10.1 Å². The van der Waals surface area contributed by atoms with Crippen molar-refractivity contribution in [2.45, 2.75) is 25.8 Å². The number of aromatic nitrogens is 1. The Hall–Kier alpha value is -2.12. The predicted octanol–water partition coefficient (Wildman–Crippen LogP) is 3.31. The molecule has 0 saturated heterocycles. The third-order valence-corrected chi connectivity index (χ3v) is 4.62. The van der Waals surface area contributed by atoms with E-state index in [4.69, 9.17) is 16.3 Å². The maximum Gasteiger partial charge on any atom is 0.330 e. The number of aliphatic carboxylic acids is 1. The van der Waals surface area contributed by atoms with Crippen LogP contribution in [0, 0.1) is 0 Å². The van der Waals surface area contributed by atoms with E-state index in [2.05, 4.69) is 10.3 Å². The zero-order valence-corrected chi connectivity index (χ0v) is 14.8. The van der Waals surface area contributed by atoms with Gasteiger partial charge in [-0.3, -0.25) is 4.79 Å². The maximum absolute atomic E-state index is 12.3. The molecule has 0 saturated carbocycles. The first-order valence-corrected chi connectivity index (χ1v) is 8.47. The molecule has 1 heterocycles. The van der Waals surface area contributed by atoms with Gasteiger partial charge in [-0.15, -0.1) is 11.3 Å². The summed E-state index contributed by atoms with van der Waals surface area (Å²) in [6.07, 6.45) is 3.18. The number of aryl methyl sites for hydroxylation is 1. The molecule has 1 unspecified atom stereocenters. The van der Waals surface area contributed by atoms with Crippen LogP contribution in [0.2, 0.25) is 5.02 Å². The van der Waals surface area contributed by atoms with Gasteiger partial charge in [0.1, 0.15) is 10.6 Å². The molecule has 2 aromatic rings. The number of carboxylic acids is 1. The third-order valence-electron chi connectivity index (χ3n) is 3.27. The number of nitrogens with zero attached hydrogens (tertiary/aromatic N) is 1. The molecule has 1 aromatic heterocycles. The first kappa shape index (κ1) is 18.2. The number of rotatable bonds is 7. The summed E-state index contributed by atoms with van der Waals surface area (Å²) in [7, 11) is 1.47. The molecule has 0 radical (unpaired) electrons. The van der Waals surface area contributed by atoms with E-state index in [0.29, 0.717) is 16.2 Å². The van der Waals surface area contributed by atoms with E-state index in [1.165, 1.54) is 30.7 Å². The van der Waals surface area contributed by atoms with E-state index in [-0.39, 0.29) is 5.02 Å². The van der Waals surface area contributed by atoms with Crippen molar-refractivity contribution in [2.24, 2.45) is 0 Å². The number of halogens is 1. The van der Waals surface area contributed by atoms with Crippen molar-refractivity contribution >= 4 is 34.8 Å². The molecule has 0 fully saturated rings. The SMILES string of the molecule is CCCc1ncc(C(=O)NC(C(=O)O)c2ccc(OC)c(Cl)c2)s1. The highest BCUT2D eigenvalue weighted by Gasteiger charge is 2.24. The molecule has 0 bridgehead atoms. The standard InChI is InChI=1S/C16H17ClN2O4S/c1-3-4-13-18-8-12(24-13)15(20)19-14(16(21)22)9-5-6-11(23-2)10(17)7-9/h5-8,14H,3-4H2,1-2H3,(H,19,20)(H,21,22). The third kappa shape index (κ3) is 4.24. The molecule has 0 aliphatic heterocycles. The van der Waals surface area contributed by atoms with Crippen LogP contribution in [0.1, 0.15) is 39.6 Å². The zero-order chi connectivity index (χ0) is 17.7. The van der Waals surface area contributed by atoms with Gasteiger partial charge in [0.25, 0.3) is 5.91 Å². The van der Waals surface area contributed by atoms with E-state index in [9.17, 15) is 14.7 Å². The lowest BCUT2D eigenvalue weighted by atomic mass is 10.1. The highest BCUT2D eigenvalue weighted by Crippen LogP contribution is 2.28. The average Bonchev–Trinajstić information content (AvgIpc) is 3.01. The summed E-state index contributed by atoms with van der Waals surface area (Å²) in [6.45, 7) is 2.02. The quantitative estimate of drug-likeness (QED) is 0.782. The molecular weight excluding hydrogens is 352 g/mol. The van der Waals surface area contributed by atoms with Crippen molar-refractivity contribution in [3.05, 3.63) is 44.9 Å². The van der Waals surface area contributed by atoms with Gasteiger partial charge < -0.3 is 15.2 Å². The van der Waals surface area contributed by atoms with Crippen LogP contribution in [0.25, 0.3) is 0 Å². The molecule has 8 heteroatoms. The number of nitrogens with one attached hydrogen (secondary N) is 1. The van der Waals surface area contributed by atoms with Crippen molar-refractivity contribution in [1.82, 2.24) is 10.3 Å². The smallest absolute Gasteiger partial charge is 0.330 e. The Kier molecular flexibility index (Phi) is 6.16. The van der Waals surface area contributed by atoms with E-state index in [1.807, 2.05) is 6.92 Å². The molecule has 2 rings (SSSR count). The van der Waals surface area contributed by atoms with Gasteiger partial charge >= 0.3 is 5.97 Å². The van der Waals surface area contributed by atoms with E-state index in [0.717, 1.165) is 17.8 Å². The fraction of sp³-hybridized carbons (Fsp3) is 0.312. The lowest BCUT2D eigenvalue weighted by Crippen LogP contribution is -2.33. The van der Waals surface area contributed by atoms with Crippen LogP contribution in [0.3, 0.4) is 0 Å². The second-order valence-electron chi connectivity index (χ2n) is 5.01. The maximum atomic E-state index is 12.3. The van der Waals surface area contributed by atoms with Crippen LogP contribution in [0.4, 0.5) is 0 Å². The lowest BCUT2D eigenvalue weighted by Gasteiger charge is -2.15. The number of carbonyl (C=O) groups excluding carboxylic acids is 1. The Morgan fingerprint density at radius 1 is 1.46 bits per heavy atom. The number of ether oxygens (including phenoxy) is 1. The van der Waals surface area contributed by atoms with Gasteiger partial charge in [-0.25, -0.2) is 9.78 Å². The molecule has 1 aromatic carbocycles. The number of thiazole rings is 1. The van der Waals surface area contributed by atoms with E-state index < -0.39 is 17.9 Å². The predicted molar refractivity (Wildman–Crippen MR) is 92.0 cm³/mol. The normalized spacial score (nSPS) is 11.8. The van der Waals surface area contributed by atoms with Crippen molar-refractivity contribution in [1.29, 1.82) is 0 Å².